The van der Waals surface area contributed by atoms with E-state index in [4.69, 9.17) is 4.74 Å². The molecule has 2 N–H and O–H groups in total. The second-order valence-corrected chi connectivity index (χ2v) is 4.24. The van der Waals surface area contributed by atoms with E-state index >= 15 is 0 Å². The third-order valence-corrected chi connectivity index (χ3v) is 2.43. The molecule has 0 spiro atoms. The smallest absolute Gasteiger partial charge is 0.169 e. The Balaban J connectivity index is 2.63. The molecule has 1 aromatic carbocycles. The molecule has 2 atom stereocenters. The van der Waals surface area contributed by atoms with E-state index in [1.54, 1.807) is 0 Å². The predicted molar refractivity (Wildman–Crippen MR) is 65.2 cm³/mol. The molecule has 0 saturated heterocycles. The normalized spacial score (nSPS) is 15.1. The van der Waals surface area contributed by atoms with Crippen molar-refractivity contribution in [2.24, 2.45) is 0 Å². The van der Waals surface area contributed by atoms with Crippen LogP contribution in [0.25, 0.3) is 0 Å². The zero-order valence-corrected chi connectivity index (χ0v) is 10.2. The summed E-state index contributed by atoms with van der Waals surface area (Å²) in [6.07, 6.45) is -0.0174. The molecule has 0 saturated carbocycles. The zero-order valence-electron chi connectivity index (χ0n) is 10.2. The first-order valence-electron chi connectivity index (χ1n) is 5.64. The van der Waals surface area contributed by atoms with E-state index in [0.29, 0.717) is 6.04 Å². The molecule has 3 heteroatoms. The Labute approximate surface area is 97.4 Å². The summed E-state index contributed by atoms with van der Waals surface area (Å²) < 4.78 is 4.98. The van der Waals surface area contributed by atoms with Gasteiger partial charge in [-0.2, -0.15) is 0 Å². The molecule has 0 aromatic heterocycles. The number of rotatable bonds is 6. The van der Waals surface area contributed by atoms with Crippen molar-refractivity contribution in [3.63, 3.8) is 0 Å². The van der Waals surface area contributed by atoms with Crippen molar-refractivity contribution in [3.8, 4) is 0 Å². The van der Waals surface area contributed by atoms with Gasteiger partial charge in [-0.3, -0.25) is 0 Å². The molecule has 1 aromatic rings. The summed E-state index contributed by atoms with van der Waals surface area (Å²) in [5, 5.41) is 13.0. The fourth-order valence-electron chi connectivity index (χ4n) is 1.70. The van der Waals surface area contributed by atoms with Gasteiger partial charge in [0.2, 0.25) is 0 Å². The molecule has 0 aliphatic carbocycles. The number of ether oxygens (including phenoxy) is 1. The fraction of sp³-hybridized carbons (Fsp3) is 0.538. The van der Waals surface area contributed by atoms with E-state index in [-0.39, 0.29) is 6.04 Å². The highest BCUT2D eigenvalue weighted by Crippen LogP contribution is 2.07. The van der Waals surface area contributed by atoms with Crippen molar-refractivity contribution < 1.29 is 9.84 Å². The summed E-state index contributed by atoms with van der Waals surface area (Å²) in [5.41, 5.74) is 1.19. The summed E-state index contributed by atoms with van der Waals surface area (Å²) >= 11 is 0. The second-order valence-electron chi connectivity index (χ2n) is 4.24. The van der Waals surface area contributed by atoms with Crippen LogP contribution in [-0.4, -0.2) is 30.6 Å². The van der Waals surface area contributed by atoms with Crippen LogP contribution in [0.2, 0.25) is 0 Å². The first-order chi connectivity index (χ1) is 7.63. The van der Waals surface area contributed by atoms with E-state index in [0.717, 1.165) is 6.42 Å². The lowest BCUT2D eigenvalue weighted by Gasteiger charge is -2.25. The zero-order chi connectivity index (χ0) is 12.0. The van der Waals surface area contributed by atoms with Crippen LogP contribution in [0.3, 0.4) is 0 Å². The van der Waals surface area contributed by atoms with E-state index in [1.165, 1.54) is 12.7 Å². The van der Waals surface area contributed by atoms with Gasteiger partial charge in [-0.05, 0) is 12.0 Å². The minimum atomic E-state index is -0.775. The third kappa shape index (κ3) is 4.31. The van der Waals surface area contributed by atoms with Crippen LogP contribution in [-0.2, 0) is 11.2 Å². The Morgan fingerprint density at radius 2 is 1.88 bits per heavy atom. The van der Waals surface area contributed by atoms with E-state index < -0.39 is 6.29 Å². The van der Waals surface area contributed by atoms with Crippen molar-refractivity contribution in [2.45, 2.75) is 38.6 Å². The van der Waals surface area contributed by atoms with Crippen LogP contribution in [0, 0.1) is 0 Å². The standard InChI is InChI=1S/C13H21NO2/c1-10(2)14-12(13(15)16-3)9-11-7-5-4-6-8-11/h4-8,10,12-15H,9H2,1-3H3/t12-,13?/m0/s1. The predicted octanol–water partition coefficient (Wildman–Crippen LogP) is 1.56. The molecule has 0 amide bonds. The summed E-state index contributed by atoms with van der Waals surface area (Å²) in [7, 11) is 1.52. The van der Waals surface area contributed by atoms with Gasteiger partial charge in [0.1, 0.15) is 0 Å². The summed E-state index contributed by atoms with van der Waals surface area (Å²) in [4.78, 5) is 0. The van der Waals surface area contributed by atoms with Gasteiger partial charge in [-0.15, -0.1) is 0 Å². The lowest BCUT2D eigenvalue weighted by atomic mass is 10.0. The molecular formula is C13H21NO2. The third-order valence-electron chi connectivity index (χ3n) is 2.43. The van der Waals surface area contributed by atoms with Crippen LogP contribution in [0.15, 0.2) is 30.3 Å². The maximum atomic E-state index is 9.74. The van der Waals surface area contributed by atoms with E-state index in [1.807, 2.05) is 18.2 Å². The van der Waals surface area contributed by atoms with Crippen molar-refractivity contribution in [1.29, 1.82) is 0 Å². The summed E-state index contributed by atoms with van der Waals surface area (Å²) in [6.45, 7) is 4.11. The molecule has 0 bridgehead atoms. The van der Waals surface area contributed by atoms with Crippen molar-refractivity contribution in [3.05, 3.63) is 35.9 Å². The Morgan fingerprint density at radius 1 is 1.25 bits per heavy atom. The van der Waals surface area contributed by atoms with Crippen LogP contribution in [0.1, 0.15) is 19.4 Å². The minimum Gasteiger partial charge on any atom is -0.367 e. The Hall–Kier alpha value is -0.900. The van der Waals surface area contributed by atoms with E-state index in [2.05, 4.69) is 31.3 Å². The van der Waals surface area contributed by atoms with Gasteiger partial charge in [-0.1, -0.05) is 44.2 Å². The quantitative estimate of drug-likeness (QED) is 0.719. The molecule has 0 fully saturated rings. The number of nitrogens with one attached hydrogen (secondary N) is 1. The first-order valence-corrected chi connectivity index (χ1v) is 5.64. The van der Waals surface area contributed by atoms with Crippen molar-refractivity contribution in [1.82, 2.24) is 5.32 Å². The number of benzene rings is 1. The Morgan fingerprint density at radius 3 is 2.38 bits per heavy atom. The van der Waals surface area contributed by atoms with Gasteiger partial charge in [0, 0.05) is 13.2 Å². The number of hydrogen-bond acceptors (Lipinski definition) is 3. The fourth-order valence-corrected chi connectivity index (χ4v) is 1.70. The molecule has 90 valence electrons. The Kier molecular flexibility index (Phi) is 5.46. The van der Waals surface area contributed by atoms with Crippen LogP contribution in [0.4, 0.5) is 0 Å². The van der Waals surface area contributed by atoms with Gasteiger partial charge >= 0.3 is 0 Å². The molecule has 0 heterocycles. The molecule has 1 rings (SSSR count). The topological polar surface area (TPSA) is 41.5 Å². The maximum Gasteiger partial charge on any atom is 0.169 e. The number of aliphatic hydroxyl groups is 1. The van der Waals surface area contributed by atoms with Gasteiger partial charge < -0.3 is 15.2 Å². The molecule has 3 nitrogen and oxygen atoms in total. The number of hydrogen-bond donors (Lipinski definition) is 2. The largest absolute Gasteiger partial charge is 0.367 e. The van der Waals surface area contributed by atoms with Gasteiger partial charge in [-0.25, -0.2) is 0 Å². The van der Waals surface area contributed by atoms with Gasteiger partial charge in [0.25, 0.3) is 0 Å². The van der Waals surface area contributed by atoms with Crippen molar-refractivity contribution in [2.75, 3.05) is 7.11 Å². The molecule has 0 aliphatic heterocycles. The SMILES string of the molecule is COC(O)[C@H](Cc1ccccc1)NC(C)C. The van der Waals surface area contributed by atoms with Crippen LogP contribution >= 0.6 is 0 Å². The van der Waals surface area contributed by atoms with Gasteiger partial charge in [0.05, 0.1) is 6.04 Å². The van der Waals surface area contributed by atoms with Crippen LogP contribution in [0.5, 0.6) is 0 Å². The van der Waals surface area contributed by atoms with E-state index in [9.17, 15) is 5.11 Å². The lowest BCUT2D eigenvalue weighted by Crippen LogP contribution is -2.45. The lowest BCUT2D eigenvalue weighted by molar-refractivity contribution is -0.0980. The second kappa shape index (κ2) is 6.63. The summed E-state index contributed by atoms with van der Waals surface area (Å²) in [5.74, 6) is 0. The van der Waals surface area contributed by atoms with Gasteiger partial charge in [0.15, 0.2) is 6.29 Å². The highest BCUT2D eigenvalue weighted by atomic mass is 16.6. The highest BCUT2D eigenvalue weighted by molar-refractivity contribution is 5.16. The average molecular weight is 223 g/mol. The monoisotopic (exact) mass is 223 g/mol. The summed E-state index contributed by atoms with van der Waals surface area (Å²) in [6, 6.07) is 10.3. The minimum absolute atomic E-state index is 0.0765. The highest BCUT2D eigenvalue weighted by Gasteiger charge is 2.19. The van der Waals surface area contributed by atoms with Crippen LogP contribution < -0.4 is 5.32 Å². The average Bonchev–Trinajstić information content (AvgIpc) is 2.28. The molecular weight excluding hydrogens is 202 g/mol. The number of aliphatic hydroxyl groups excluding tert-OH is 1. The molecule has 16 heavy (non-hydrogen) atoms. The Bertz CT molecular complexity index is 287. The van der Waals surface area contributed by atoms with Crippen molar-refractivity contribution >= 4 is 0 Å². The molecule has 1 unspecified atom stereocenters. The maximum absolute atomic E-state index is 9.74. The molecule has 0 radical (unpaired) electrons. The molecule has 0 aliphatic rings. The first kappa shape index (κ1) is 13.2. The number of methoxy groups -OCH3 is 1.